The van der Waals surface area contributed by atoms with Gasteiger partial charge in [0.25, 0.3) is 6.29 Å². The fraction of sp³-hybridized carbons (Fsp3) is 0.263. The zero-order valence-corrected chi connectivity index (χ0v) is 17.8. The van der Waals surface area contributed by atoms with Crippen LogP contribution in [0.2, 0.25) is 0 Å². The van der Waals surface area contributed by atoms with E-state index in [1.165, 1.54) is 34.8 Å². The van der Waals surface area contributed by atoms with Gasteiger partial charge < -0.3 is 15.2 Å². The highest BCUT2D eigenvalue weighted by Gasteiger charge is 2.35. The number of nitrogens with zero attached hydrogens (tertiary/aromatic N) is 6. The van der Waals surface area contributed by atoms with E-state index in [1.807, 2.05) is 0 Å². The molecule has 0 aliphatic carbocycles. The molecule has 1 fully saturated rings. The lowest BCUT2D eigenvalue weighted by atomic mass is 10.1. The Morgan fingerprint density at radius 1 is 1.34 bits per heavy atom. The maximum absolute atomic E-state index is 14.8. The number of halogens is 2. The van der Waals surface area contributed by atoms with Crippen LogP contribution >= 0.6 is 12.4 Å². The molecular weight excluding hydrogens is 445 g/mol. The minimum atomic E-state index is -1.11. The molecule has 1 saturated heterocycles. The van der Waals surface area contributed by atoms with Crippen molar-refractivity contribution >= 4 is 30.2 Å². The standard InChI is InChI=1S/C19H18FN7O4.ClH/c1-10(21)18(28)30-16-9-27(19(29)31-16)12-4-5-13(14(20)7-12)11-3-6-15(22-8-11)17-23-24-25-26(17)2;/h3-8,10,16H,9,21H2,1-2H3;1H/t10-,16+;/m0./s1. The zero-order valence-electron chi connectivity index (χ0n) is 17.0. The molecular formula is C19H19ClFN7O4. The number of carbonyl (C=O) groups is 2. The fourth-order valence-electron chi connectivity index (χ4n) is 2.98. The number of amides is 1. The first-order valence-electron chi connectivity index (χ1n) is 9.26. The van der Waals surface area contributed by atoms with Gasteiger partial charge in [0.15, 0.2) is 5.82 Å². The van der Waals surface area contributed by atoms with Crippen molar-refractivity contribution in [2.24, 2.45) is 12.8 Å². The van der Waals surface area contributed by atoms with Gasteiger partial charge in [-0.15, -0.1) is 17.5 Å². The number of pyridine rings is 1. The monoisotopic (exact) mass is 463 g/mol. The van der Waals surface area contributed by atoms with Gasteiger partial charge in [-0.3, -0.25) is 14.7 Å². The summed E-state index contributed by atoms with van der Waals surface area (Å²) in [5, 5.41) is 11.2. The molecule has 2 aromatic heterocycles. The second-order valence-corrected chi connectivity index (χ2v) is 6.87. The van der Waals surface area contributed by atoms with Gasteiger partial charge in [0, 0.05) is 24.4 Å². The average Bonchev–Trinajstić information content (AvgIpc) is 3.33. The van der Waals surface area contributed by atoms with Gasteiger partial charge in [-0.1, -0.05) is 6.07 Å². The number of hydrogen-bond acceptors (Lipinski definition) is 9. The lowest BCUT2D eigenvalue weighted by Gasteiger charge is -2.14. The minimum absolute atomic E-state index is 0. The Labute approximate surface area is 187 Å². The van der Waals surface area contributed by atoms with Crippen LogP contribution in [0.15, 0.2) is 36.5 Å². The Balaban J connectivity index is 0.00000289. The molecule has 0 unspecified atom stereocenters. The maximum Gasteiger partial charge on any atom is 0.417 e. The molecule has 168 valence electrons. The van der Waals surface area contributed by atoms with Gasteiger partial charge in [-0.05, 0) is 41.6 Å². The van der Waals surface area contributed by atoms with Crippen LogP contribution in [0.4, 0.5) is 14.9 Å². The van der Waals surface area contributed by atoms with Crippen molar-refractivity contribution in [3.63, 3.8) is 0 Å². The van der Waals surface area contributed by atoms with E-state index in [-0.39, 0.29) is 24.6 Å². The SMILES string of the molecule is C[C@H](N)C(=O)O[C@H]1CN(c2ccc(-c3ccc(-c4nnnn4C)nc3)c(F)c2)C(=O)O1.Cl. The van der Waals surface area contributed by atoms with Crippen LogP contribution < -0.4 is 10.6 Å². The molecule has 11 nitrogen and oxygen atoms in total. The molecule has 1 amide bonds. The number of anilines is 1. The molecule has 3 heterocycles. The summed E-state index contributed by atoms with van der Waals surface area (Å²) >= 11 is 0. The van der Waals surface area contributed by atoms with Gasteiger partial charge in [0.05, 0.1) is 5.69 Å². The quantitative estimate of drug-likeness (QED) is 0.559. The van der Waals surface area contributed by atoms with E-state index in [9.17, 15) is 14.0 Å². The fourth-order valence-corrected chi connectivity index (χ4v) is 2.98. The third-order valence-electron chi connectivity index (χ3n) is 4.59. The second-order valence-electron chi connectivity index (χ2n) is 6.87. The summed E-state index contributed by atoms with van der Waals surface area (Å²) in [6, 6.07) is 6.82. The van der Waals surface area contributed by atoms with Crippen molar-refractivity contribution in [2.45, 2.75) is 19.3 Å². The predicted molar refractivity (Wildman–Crippen MR) is 112 cm³/mol. The van der Waals surface area contributed by atoms with Gasteiger partial charge in [0.1, 0.15) is 24.1 Å². The number of rotatable bonds is 5. The Bertz CT molecular complexity index is 1140. The van der Waals surface area contributed by atoms with Crippen LogP contribution in [0.5, 0.6) is 0 Å². The molecule has 2 N–H and O–H groups in total. The van der Waals surface area contributed by atoms with Gasteiger partial charge in [0.2, 0.25) is 0 Å². The summed E-state index contributed by atoms with van der Waals surface area (Å²) in [4.78, 5) is 29.2. The summed E-state index contributed by atoms with van der Waals surface area (Å²) < 4.78 is 26.3. The molecule has 0 spiro atoms. The van der Waals surface area contributed by atoms with Gasteiger partial charge in [-0.25, -0.2) is 13.9 Å². The van der Waals surface area contributed by atoms with Crippen LogP contribution in [0.3, 0.4) is 0 Å². The third kappa shape index (κ3) is 4.50. The number of nitrogens with two attached hydrogens (primary N) is 1. The van der Waals surface area contributed by atoms with Crippen LogP contribution in [-0.4, -0.2) is 56.1 Å². The molecule has 1 aromatic carbocycles. The zero-order chi connectivity index (χ0) is 22.1. The molecule has 0 bridgehead atoms. The number of cyclic esters (lactones) is 1. The lowest BCUT2D eigenvalue weighted by molar-refractivity contribution is -0.163. The Morgan fingerprint density at radius 3 is 2.72 bits per heavy atom. The second kappa shape index (κ2) is 9.24. The maximum atomic E-state index is 14.8. The van der Waals surface area contributed by atoms with Crippen LogP contribution in [-0.2, 0) is 21.3 Å². The molecule has 13 heteroatoms. The number of tetrazole rings is 1. The highest BCUT2D eigenvalue weighted by Crippen LogP contribution is 2.29. The largest absolute Gasteiger partial charge is 0.422 e. The van der Waals surface area contributed by atoms with Crippen LogP contribution in [0.1, 0.15) is 6.92 Å². The van der Waals surface area contributed by atoms with Crippen molar-refractivity contribution in [3.8, 4) is 22.6 Å². The van der Waals surface area contributed by atoms with Crippen molar-refractivity contribution in [1.29, 1.82) is 0 Å². The topological polar surface area (TPSA) is 138 Å². The summed E-state index contributed by atoms with van der Waals surface area (Å²) in [7, 11) is 1.69. The van der Waals surface area contributed by atoms with Crippen molar-refractivity contribution in [3.05, 3.63) is 42.3 Å². The molecule has 2 atom stereocenters. The molecule has 1 aliphatic heterocycles. The highest BCUT2D eigenvalue weighted by molar-refractivity contribution is 5.90. The summed E-state index contributed by atoms with van der Waals surface area (Å²) in [5.74, 6) is -0.778. The van der Waals surface area contributed by atoms with Crippen molar-refractivity contribution in [2.75, 3.05) is 11.4 Å². The van der Waals surface area contributed by atoms with Gasteiger partial charge in [-0.2, -0.15) is 0 Å². The van der Waals surface area contributed by atoms with E-state index in [0.717, 1.165) is 0 Å². The lowest BCUT2D eigenvalue weighted by Crippen LogP contribution is -2.34. The molecule has 0 radical (unpaired) electrons. The summed E-state index contributed by atoms with van der Waals surface area (Å²) in [5.41, 5.74) is 7.08. The molecule has 1 aliphatic rings. The predicted octanol–water partition coefficient (Wildman–Crippen LogP) is 1.67. The number of ether oxygens (including phenoxy) is 2. The van der Waals surface area contributed by atoms with E-state index in [0.29, 0.717) is 22.6 Å². The van der Waals surface area contributed by atoms with Crippen molar-refractivity contribution in [1.82, 2.24) is 25.2 Å². The Hall–Kier alpha value is -3.64. The minimum Gasteiger partial charge on any atom is -0.422 e. The normalized spacial score (nSPS) is 16.3. The van der Waals surface area contributed by atoms with E-state index in [2.05, 4.69) is 20.5 Å². The Morgan fingerprint density at radius 2 is 2.12 bits per heavy atom. The van der Waals surface area contributed by atoms with E-state index >= 15 is 0 Å². The van der Waals surface area contributed by atoms with E-state index in [1.54, 1.807) is 25.2 Å². The molecule has 32 heavy (non-hydrogen) atoms. The first-order chi connectivity index (χ1) is 14.8. The first kappa shape index (κ1) is 23.0. The molecule has 4 rings (SSSR count). The Kier molecular flexibility index (Phi) is 6.65. The van der Waals surface area contributed by atoms with E-state index in [4.69, 9.17) is 15.2 Å². The number of carbonyl (C=O) groups excluding carboxylic acids is 2. The number of hydrogen-bond donors (Lipinski definition) is 1. The average molecular weight is 464 g/mol. The van der Waals surface area contributed by atoms with Gasteiger partial charge >= 0.3 is 12.1 Å². The third-order valence-corrected chi connectivity index (χ3v) is 4.59. The smallest absolute Gasteiger partial charge is 0.417 e. The molecule has 3 aromatic rings. The number of aryl methyl sites for hydroxylation is 1. The highest BCUT2D eigenvalue weighted by atomic mass is 35.5. The number of benzene rings is 1. The van der Waals surface area contributed by atoms with E-state index < -0.39 is 30.2 Å². The summed E-state index contributed by atoms with van der Waals surface area (Å²) in [6.07, 6.45) is -0.353. The summed E-state index contributed by atoms with van der Waals surface area (Å²) in [6.45, 7) is 1.38. The van der Waals surface area contributed by atoms with Crippen molar-refractivity contribution < 1.29 is 23.5 Å². The molecule has 0 saturated carbocycles. The first-order valence-corrected chi connectivity index (χ1v) is 9.26. The number of aromatic nitrogens is 5. The number of esters is 1. The van der Waals surface area contributed by atoms with Crippen LogP contribution in [0.25, 0.3) is 22.6 Å². The van der Waals surface area contributed by atoms with Crippen LogP contribution in [0, 0.1) is 5.82 Å².